The van der Waals surface area contributed by atoms with Crippen molar-refractivity contribution in [3.63, 3.8) is 0 Å². The SMILES string of the molecule is CCOC(=O)c1ccc(NC(=O)C(Br)C(C)C)cc1. The van der Waals surface area contributed by atoms with Gasteiger partial charge in [-0.25, -0.2) is 4.79 Å². The summed E-state index contributed by atoms with van der Waals surface area (Å²) in [6, 6.07) is 6.63. The molecule has 1 unspecified atom stereocenters. The number of alkyl halides is 1. The van der Waals surface area contributed by atoms with E-state index in [-0.39, 0.29) is 22.6 Å². The molecule has 1 N–H and O–H groups in total. The molecule has 5 heteroatoms. The molecule has 4 nitrogen and oxygen atoms in total. The summed E-state index contributed by atoms with van der Waals surface area (Å²) in [7, 11) is 0. The van der Waals surface area contributed by atoms with E-state index in [1.807, 2.05) is 13.8 Å². The van der Waals surface area contributed by atoms with Crippen LogP contribution in [0.25, 0.3) is 0 Å². The molecule has 1 amide bonds. The fourth-order valence-corrected chi connectivity index (χ4v) is 1.53. The van der Waals surface area contributed by atoms with Crippen molar-refractivity contribution >= 4 is 33.5 Å². The monoisotopic (exact) mass is 327 g/mol. The van der Waals surface area contributed by atoms with Crippen LogP contribution in [0.4, 0.5) is 5.69 Å². The van der Waals surface area contributed by atoms with Gasteiger partial charge in [-0.1, -0.05) is 29.8 Å². The number of carbonyl (C=O) groups excluding carboxylic acids is 2. The van der Waals surface area contributed by atoms with Gasteiger partial charge in [0.25, 0.3) is 0 Å². The van der Waals surface area contributed by atoms with Crippen molar-refractivity contribution < 1.29 is 14.3 Å². The molecule has 0 aliphatic carbocycles. The van der Waals surface area contributed by atoms with E-state index in [0.29, 0.717) is 17.9 Å². The molecule has 1 aromatic carbocycles. The molecule has 0 radical (unpaired) electrons. The number of nitrogens with one attached hydrogen (secondary N) is 1. The fourth-order valence-electron chi connectivity index (χ4n) is 1.42. The van der Waals surface area contributed by atoms with Crippen molar-refractivity contribution in [3.05, 3.63) is 29.8 Å². The highest BCUT2D eigenvalue weighted by Crippen LogP contribution is 2.16. The average molecular weight is 328 g/mol. The van der Waals surface area contributed by atoms with Crippen LogP contribution in [0, 0.1) is 5.92 Å². The van der Waals surface area contributed by atoms with E-state index in [2.05, 4.69) is 21.2 Å². The number of hydrogen-bond donors (Lipinski definition) is 1. The van der Waals surface area contributed by atoms with Gasteiger partial charge in [0.15, 0.2) is 0 Å². The number of rotatable bonds is 5. The van der Waals surface area contributed by atoms with Crippen LogP contribution in [-0.4, -0.2) is 23.3 Å². The summed E-state index contributed by atoms with van der Waals surface area (Å²) in [6.45, 7) is 6.03. The van der Waals surface area contributed by atoms with Crippen molar-refractivity contribution in [2.24, 2.45) is 5.92 Å². The number of ether oxygens (including phenoxy) is 1. The van der Waals surface area contributed by atoms with Crippen LogP contribution >= 0.6 is 15.9 Å². The van der Waals surface area contributed by atoms with E-state index >= 15 is 0 Å². The highest BCUT2D eigenvalue weighted by molar-refractivity contribution is 9.10. The minimum atomic E-state index is -0.360. The van der Waals surface area contributed by atoms with E-state index < -0.39 is 0 Å². The summed E-state index contributed by atoms with van der Waals surface area (Å²) >= 11 is 3.34. The third kappa shape index (κ3) is 4.67. The maximum atomic E-state index is 11.8. The number of amides is 1. The molecule has 19 heavy (non-hydrogen) atoms. The largest absolute Gasteiger partial charge is 0.462 e. The molecule has 0 heterocycles. The van der Waals surface area contributed by atoms with Gasteiger partial charge in [0.05, 0.1) is 17.0 Å². The minimum Gasteiger partial charge on any atom is -0.462 e. The van der Waals surface area contributed by atoms with Gasteiger partial charge in [-0.15, -0.1) is 0 Å². The van der Waals surface area contributed by atoms with Crippen molar-refractivity contribution in [3.8, 4) is 0 Å². The predicted molar refractivity (Wildman–Crippen MR) is 78.6 cm³/mol. The molecule has 1 aromatic rings. The van der Waals surface area contributed by atoms with Crippen LogP contribution < -0.4 is 5.32 Å². The number of halogens is 1. The first-order chi connectivity index (χ1) is 8.95. The summed E-state index contributed by atoms with van der Waals surface area (Å²) in [4.78, 5) is 23.0. The summed E-state index contributed by atoms with van der Waals surface area (Å²) in [6.07, 6.45) is 0. The third-order valence-electron chi connectivity index (χ3n) is 2.50. The van der Waals surface area contributed by atoms with Gasteiger partial charge in [0.1, 0.15) is 0 Å². The molecular formula is C14H18BrNO3. The van der Waals surface area contributed by atoms with Crippen LogP contribution in [0.5, 0.6) is 0 Å². The minimum absolute atomic E-state index is 0.0983. The van der Waals surface area contributed by atoms with Crippen LogP contribution in [-0.2, 0) is 9.53 Å². The Morgan fingerprint density at radius 2 is 1.84 bits per heavy atom. The van der Waals surface area contributed by atoms with Gasteiger partial charge in [0.2, 0.25) is 5.91 Å². The normalized spacial score (nSPS) is 12.1. The van der Waals surface area contributed by atoms with Gasteiger partial charge in [-0.3, -0.25) is 4.79 Å². The zero-order valence-electron chi connectivity index (χ0n) is 11.3. The first-order valence-electron chi connectivity index (χ1n) is 6.17. The van der Waals surface area contributed by atoms with E-state index in [4.69, 9.17) is 4.74 Å². The molecule has 0 aromatic heterocycles. The lowest BCUT2D eigenvalue weighted by Gasteiger charge is -2.13. The smallest absolute Gasteiger partial charge is 0.338 e. The van der Waals surface area contributed by atoms with Gasteiger partial charge in [-0.2, -0.15) is 0 Å². The van der Waals surface area contributed by atoms with Crippen molar-refractivity contribution in [1.29, 1.82) is 0 Å². The summed E-state index contributed by atoms with van der Waals surface area (Å²) in [5.74, 6) is -0.251. The first-order valence-corrected chi connectivity index (χ1v) is 7.09. The average Bonchev–Trinajstić information content (AvgIpc) is 2.38. The Morgan fingerprint density at radius 1 is 1.26 bits per heavy atom. The predicted octanol–water partition coefficient (Wildman–Crippen LogP) is 3.22. The zero-order chi connectivity index (χ0) is 14.4. The summed E-state index contributed by atoms with van der Waals surface area (Å²) in [5.41, 5.74) is 1.13. The highest BCUT2D eigenvalue weighted by atomic mass is 79.9. The standard InChI is InChI=1S/C14H18BrNO3/c1-4-19-14(18)10-5-7-11(8-6-10)16-13(17)12(15)9(2)3/h5-9,12H,4H2,1-3H3,(H,16,17). The summed E-state index contributed by atoms with van der Waals surface area (Å²) < 4.78 is 4.88. The second-order valence-electron chi connectivity index (χ2n) is 4.43. The second kappa shape index (κ2) is 7.28. The molecule has 104 valence electrons. The Morgan fingerprint density at radius 3 is 2.32 bits per heavy atom. The molecule has 1 rings (SSSR count). The Labute approximate surface area is 121 Å². The van der Waals surface area contributed by atoms with Gasteiger partial charge in [-0.05, 0) is 37.1 Å². The van der Waals surface area contributed by atoms with E-state index in [9.17, 15) is 9.59 Å². The number of anilines is 1. The Hall–Kier alpha value is -1.36. The Bertz CT molecular complexity index is 443. The molecule has 1 atom stereocenters. The molecular weight excluding hydrogens is 310 g/mol. The zero-order valence-corrected chi connectivity index (χ0v) is 12.9. The lowest BCUT2D eigenvalue weighted by Crippen LogP contribution is -2.26. The Kier molecular flexibility index (Phi) is 6.02. The summed E-state index contributed by atoms with van der Waals surface area (Å²) in [5, 5.41) is 2.78. The molecule has 0 spiro atoms. The van der Waals surface area contributed by atoms with Gasteiger partial charge < -0.3 is 10.1 Å². The molecule has 0 aliphatic rings. The highest BCUT2D eigenvalue weighted by Gasteiger charge is 2.18. The second-order valence-corrected chi connectivity index (χ2v) is 5.42. The van der Waals surface area contributed by atoms with Crippen molar-refractivity contribution in [2.75, 3.05) is 11.9 Å². The topological polar surface area (TPSA) is 55.4 Å². The quantitative estimate of drug-likeness (QED) is 0.667. The molecule has 0 aliphatic heterocycles. The van der Waals surface area contributed by atoms with Gasteiger partial charge in [0, 0.05) is 5.69 Å². The van der Waals surface area contributed by atoms with Crippen LogP contribution in [0.3, 0.4) is 0 Å². The molecule has 0 saturated carbocycles. The Balaban J connectivity index is 2.67. The fraction of sp³-hybridized carbons (Fsp3) is 0.429. The third-order valence-corrected chi connectivity index (χ3v) is 3.97. The van der Waals surface area contributed by atoms with E-state index in [1.165, 1.54) is 0 Å². The maximum Gasteiger partial charge on any atom is 0.338 e. The maximum absolute atomic E-state index is 11.8. The molecule has 0 bridgehead atoms. The lowest BCUT2D eigenvalue weighted by atomic mass is 10.1. The van der Waals surface area contributed by atoms with Crippen LogP contribution in [0.15, 0.2) is 24.3 Å². The first kappa shape index (κ1) is 15.7. The number of benzene rings is 1. The van der Waals surface area contributed by atoms with Crippen molar-refractivity contribution in [2.45, 2.75) is 25.6 Å². The number of esters is 1. The van der Waals surface area contributed by atoms with E-state index in [1.54, 1.807) is 31.2 Å². The van der Waals surface area contributed by atoms with Crippen LogP contribution in [0.1, 0.15) is 31.1 Å². The molecule has 0 saturated heterocycles. The van der Waals surface area contributed by atoms with Crippen molar-refractivity contribution in [1.82, 2.24) is 0 Å². The molecule has 0 fully saturated rings. The van der Waals surface area contributed by atoms with E-state index in [0.717, 1.165) is 0 Å². The number of hydrogen-bond acceptors (Lipinski definition) is 3. The van der Waals surface area contributed by atoms with Crippen LogP contribution in [0.2, 0.25) is 0 Å². The van der Waals surface area contributed by atoms with Gasteiger partial charge >= 0.3 is 5.97 Å². The lowest BCUT2D eigenvalue weighted by molar-refractivity contribution is -0.116. The number of carbonyl (C=O) groups is 2.